The monoisotopic (exact) mass is 277 g/mol. The Morgan fingerprint density at radius 1 is 1.35 bits per heavy atom. The molecule has 0 fully saturated rings. The highest BCUT2D eigenvalue weighted by atomic mass is 16.5. The van der Waals surface area contributed by atoms with Crippen molar-refractivity contribution in [3.05, 3.63) is 35.5 Å². The number of methoxy groups -OCH3 is 1. The zero-order valence-corrected chi connectivity index (χ0v) is 11.8. The van der Waals surface area contributed by atoms with Crippen molar-refractivity contribution in [1.82, 2.24) is 10.1 Å². The average molecular weight is 277 g/mol. The van der Waals surface area contributed by atoms with Crippen molar-refractivity contribution in [2.45, 2.75) is 26.4 Å². The zero-order valence-electron chi connectivity index (χ0n) is 11.8. The van der Waals surface area contributed by atoms with Gasteiger partial charge in [-0.25, -0.2) is 0 Å². The first-order valence-corrected chi connectivity index (χ1v) is 6.58. The van der Waals surface area contributed by atoms with Gasteiger partial charge >= 0.3 is 0 Å². The van der Waals surface area contributed by atoms with Crippen LogP contribution in [0.5, 0.6) is 11.5 Å². The van der Waals surface area contributed by atoms with Crippen LogP contribution in [0.1, 0.15) is 24.2 Å². The van der Waals surface area contributed by atoms with Gasteiger partial charge in [-0.2, -0.15) is 4.98 Å². The molecule has 0 saturated heterocycles. The Labute approximate surface area is 117 Å². The molecule has 0 radical (unpaired) electrons. The van der Waals surface area contributed by atoms with Gasteiger partial charge in [-0.1, -0.05) is 18.1 Å². The molecule has 0 bridgehead atoms. The zero-order chi connectivity index (χ0) is 14.4. The second-order valence-corrected chi connectivity index (χ2v) is 4.26. The molecule has 6 heteroatoms. The molecule has 0 aliphatic heterocycles. The van der Waals surface area contributed by atoms with Crippen LogP contribution in [0, 0.1) is 0 Å². The highest BCUT2D eigenvalue weighted by molar-refractivity contribution is 5.41. The van der Waals surface area contributed by atoms with E-state index in [0.29, 0.717) is 24.7 Å². The Kier molecular flexibility index (Phi) is 4.95. The van der Waals surface area contributed by atoms with Crippen molar-refractivity contribution >= 4 is 0 Å². The number of benzene rings is 1. The molecular formula is C14H19N3O3. The number of rotatable bonds is 7. The fourth-order valence-corrected chi connectivity index (χ4v) is 1.79. The number of nitrogens with two attached hydrogens (primary N) is 1. The second-order valence-electron chi connectivity index (χ2n) is 4.26. The van der Waals surface area contributed by atoms with E-state index in [9.17, 15) is 0 Å². The average Bonchev–Trinajstić information content (AvgIpc) is 2.94. The van der Waals surface area contributed by atoms with Gasteiger partial charge in [-0.15, -0.1) is 0 Å². The van der Waals surface area contributed by atoms with Crippen molar-refractivity contribution in [2.24, 2.45) is 5.73 Å². The van der Waals surface area contributed by atoms with Crippen LogP contribution in [0.2, 0.25) is 0 Å². The number of hydrogen-bond donors (Lipinski definition) is 1. The van der Waals surface area contributed by atoms with Gasteiger partial charge in [0.15, 0.2) is 6.61 Å². The predicted octanol–water partition coefficient (Wildman–Crippen LogP) is 1.72. The van der Waals surface area contributed by atoms with Gasteiger partial charge in [-0.05, 0) is 24.6 Å². The molecule has 0 aliphatic carbocycles. The molecule has 20 heavy (non-hydrogen) atoms. The third-order valence-electron chi connectivity index (χ3n) is 2.86. The van der Waals surface area contributed by atoms with E-state index in [1.54, 1.807) is 7.11 Å². The molecule has 108 valence electrons. The summed E-state index contributed by atoms with van der Waals surface area (Å²) in [6, 6.07) is 5.68. The lowest BCUT2D eigenvalue weighted by Gasteiger charge is -2.11. The van der Waals surface area contributed by atoms with Crippen LogP contribution in [0.3, 0.4) is 0 Å². The Morgan fingerprint density at radius 3 is 2.85 bits per heavy atom. The van der Waals surface area contributed by atoms with E-state index in [1.165, 1.54) is 0 Å². The van der Waals surface area contributed by atoms with E-state index in [2.05, 4.69) is 10.1 Å². The second kappa shape index (κ2) is 6.91. The lowest BCUT2D eigenvalue weighted by atomic mass is 10.1. The van der Waals surface area contributed by atoms with E-state index in [4.69, 9.17) is 19.7 Å². The number of aryl methyl sites for hydroxylation is 1. The van der Waals surface area contributed by atoms with Crippen LogP contribution in [0.15, 0.2) is 22.7 Å². The smallest absolute Gasteiger partial charge is 0.226 e. The van der Waals surface area contributed by atoms with Crippen molar-refractivity contribution in [3.8, 4) is 11.5 Å². The molecule has 0 spiro atoms. The van der Waals surface area contributed by atoms with Gasteiger partial charge in [-0.3, -0.25) is 0 Å². The molecule has 0 aliphatic rings. The van der Waals surface area contributed by atoms with Crippen LogP contribution in [-0.4, -0.2) is 23.8 Å². The maximum atomic E-state index is 5.76. The molecule has 0 amide bonds. The van der Waals surface area contributed by atoms with Crippen molar-refractivity contribution in [2.75, 3.05) is 13.7 Å². The number of nitrogens with zero attached hydrogens (tertiary/aromatic N) is 2. The van der Waals surface area contributed by atoms with E-state index >= 15 is 0 Å². The largest absolute Gasteiger partial charge is 0.497 e. The standard InChI is InChI=1S/C14H19N3O3/c1-3-14-16-13(17-20-14)9-19-12-8-11(18-2)5-4-10(12)6-7-15/h4-5,8H,3,6-7,9,15H2,1-2H3. The van der Waals surface area contributed by atoms with Crippen molar-refractivity contribution in [3.63, 3.8) is 0 Å². The molecule has 6 nitrogen and oxygen atoms in total. The SMILES string of the molecule is CCc1nc(COc2cc(OC)ccc2CCN)no1. The van der Waals surface area contributed by atoms with E-state index in [-0.39, 0.29) is 6.61 Å². The topological polar surface area (TPSA) is 83.4 Å². The van der Waals surface area contributed by atoms with Gasteiger partial charge in [0, 0.05) is 12.5 Å². The molecule has 1 aromatic heterocycles. The van der Waals surface area contributed by atoms with Crippen molar-refractivity contribution < 1.29 is 14.0 Å². The maximum Gasteiger partial charge on any atom is 0.226 e. The summed E-state index contributed by atoms with van der Waals surface area (Å²) in [5, 5.41) is 3.85. The number of hydrogen-bond acceptors (Lipinski definition) is 6. The van der Waals surface area contributed by atoms with Crippen molar-refractivity contribution in [1.29, 1.82) is 0 Å². The molecule has 0 atom stereocenters. The Bertz CT molecular complexity index is 554. The third kappa shape index (κ3) is 3.48. The van der Waals surface area contributed by atoms with Gasteiger partial charge < -0.3 is 19.7 Å². The van der Waals surface area contributed by atoms with Gasteiger partial charge in [0.25, 0.3) is 0 Å². The van der Waals surface area contributed by atoms with E-state index in [0.717, 1.165) is 23.5 Å². The van der Waals surface area contributed by atoms with Crippen LogP contribution >= 0.6 is 0 Å². The first-order chi connectivity index (χ1) is 9.76. The van der Waals surface area contributed by atoms with Crippen LogP contribution in [-0.2, 0) is 19.4 Å². The first kappa shape index (κ1) is 14.3. The van der Waals surface area contributed by atoms with E-state index in [1.807, 2.05) is 25.1 Å². The van der Waals surface area contributed by atoms with E-state index < -0.39 is 0 Å². The Morgan fingerprint density at radius 2 is 2.20 bits per heavy atom. The van der Waals surface area contributed by atoms with Gasteiger partial charge in [0.2, 0.25) is 11.7 Å². The van der Waals surface area contributed by atoms with Crippen LogP contribution in [0.4, 0.5) is 0 Å². The summed E-state index contributed by atoms with van der Waals surface area (Å²) in [5.41, 5.74) is 6.64. The molecular weight excluding hydrogens is 258 g/mol. The lowest BCUT2D eigenvalue weighted by Crippen LogP contribution is -2.06. The minimum atomic E-state index is 0.258. The maximum absolute atomic E-state index is 5.76. The number of aromatic nitrogens is 2. The fourth-order valence-electron chi connectivity index (χ4n) is 1.79. The van der Waals surface area contributed by atoms with Crippen LogP contribution < -0.4 is 15.2 Å². The summed E-state index contributed by atoms with van der Waals surface area (Å²) in [7, 11) is 1.62. The molecule has 2 aromatic rings. The first-order valence-electron chi connectivity index (χ1n) is 6.58. The minimum Gasteiger partial charge on any atom is -0.497 e. The highest BCUT2D eigenvalue weighted by Gasteiger charge is 2.09. The summed E-state index contributed by atoms with van der Waals surface area (Å²) in [4.78, 5) is 4.20. The molecule has 2 N–H and O–H groups in total. The Balaban J connectivity index is 2.09. The molecule has 2 rings (SSSR count). The quantitative estimate of drug-likeness (QED) is 0.829. The predicted molar refractivity (Wildman–Crippen MR) is 73.8 cm³/mol. The summed E-state index contributed by atoms with van der Waals surface area (Å²) in [6.45, 7) is 2.78. The summed E-state index contributed by atoms with van der Waals surface area (Å²) < 4.78 is 16.0. The minimum absolute atomic E-state index is 0.258. The van der Waals surface area contributed by atoms with Gasteiger partial charge in [0.1, 0.15) is 11.5 Å². The highest BCUT2D eigenvalue weighted by Crippen LogP contribution is 2.25. The number of ether oxygens (including phenoxy) is 2. The summed E-state index contributed by atoms with van der Waals surface area (Å²) in [5.74, 6) is 2.61. The molecule has 0 unspecified atom stereocenters. The normalized spacial score (nSPS) is 10.6. The summed E-state index contributed by atoms with van der Waals surface area (Å²) in [6.07, 6.45) is 1.45. The third-order valence-corrected chi connectivity index (χ3v) is 2.86. The Hall–Kier alpha value is -2.08. The summed E-state index contributed by atoms with van der Waals surface area (Å²) >= 11 is 0. The van der Waals surface area contributed by atoms with Crippen LogP contribution in [0.25, 0.3) is 0 Å². The molecule has 1 aromatic carbocycles. The van der Waals surface area contributed by atoms with Gasteiger partial charge in [0.05, 0.1) is 7.11 Å². The lowest BCUT2D eigenvalue weighted by molar-refractivity contribution is 0.281. The fraction of sp³-hybridized carbons (Fsp3) is 0.429. The molecule has 1 heterocycles. The molecule has 0 saturated carbocycles.